The lowest BCUT2D eigenvalue weighted by molar-refractivity contribution is 0.316. The summed E-state index contributed by atoms with van der Waals surface area (Å²) in [6.07, 6.45) is 5.62. The third-order valence-corrected chi connectivity index (χ3v) is 2.03. The predicted octanol–water partition coefficient (Wildman–Crippen LogP) is 2.46. The summed E-state index contributed by atoms with van der Waals surface area (Å²) in [7, 11) is 0. The quantitative estimate of drug-likeness (QED) is 0.759. The molecule has 0 N–H and O–H groups in total. The molecule has 0 amide bonds. The zero-order valence-electron chi connectivity index (χ0n) is 8.68. The van der Waals surface area contributed by atoms with E-state index in [2.05, 4.69) is 18.2 Å². The molecule has 0 bridgehead atoms. The lowest BCUT2D eigenvalue weighted by atomic mass is 10.3. The van der Waals surface area contributed by atoms with Gasteiger partial charge in [0, 0.05) is 6.20 Å². The second kappa shape index (κ2) is 4.64. The molecule has 2 rings (SSSR count). The van der Waals surface area contributed by atoms with E-state index in [-0.39, 0.29) is 0 Å². The average Bonchev–Trinajstić information content (AvgIpc) is 2.80. The van der Waals surface area contributed by atoms with Crippen molar-refractivity contribution < 1.29 is 4.74 Å². The second-order valence-electron chi connectivity index (χ2n) is 3.21. The molecule has 0 spiro atoms. The molecule has 77 valence electrons. The Bertz CT molecular complexity index is 409. The van der Waals surface area contributed by atoms with Crippen LogP contribution in [0, 0.1) is 6.20 Å². The molecule has 0 saturated carbocycles. The summed E-state index contributed by atoms with van der Waals surface area (Å²) in [5.74, 6) is 0.858. The third kappa shape index (κ3) is 2.18. The van der Waals surface area contributed by atoms with E-state index in [1.54, 1.807) is 10.7 Å². The van der Waals surface area contributed by atoms with Crippen molar-refractivity contribution in [3.63, 3.8) is 0 Å². The number of hydrogen-bond donors (Lipinski definition) is 0. The molecule has 2 aromatic rings. The van der Waals surface area contributed by atoms with Crippen molar-refractivity contribution in [1.29, 1.82) is 0 Å². The van der Waals surface area contributed by atoms with Gasteiger partial charge in [0.05, 0.1) is 6.61 Å². The zero-order chi connectivity index (χ0) is 10.5. The molecule has 0 aliphatic carbocycles. The second-order valence-corrected chi connectivity index (χ2v) is 3.21. The van der Waals surface area contributed by atoms with E-state index < -0.39 is 0 Å². The molecule has 1 radical (unpaired) electrons. The molecule has 0 aliphatic heterocycles. The van der Waals surface area contributed by atoms with Crippen molar-refractivity contribution in [2.45, 2.75) is 13.3 Å². The number of rotatable bonds is 4. The minimum atomic E-state index is 0.724. The number of benzene rings is 1. The molecule has 1 heterocycles. The van der Waals surface area contributed by atoms with Crippen molar-refractivity contribution in [2.75, 3.05) is 6.61 Å². The van der Waals surface area contributed by atoms with Crippen LogP contribution in [0.3, 0.4) is 0 Å². The average molecular weight is 201 g/mol. The Morgan fingerprint density at radius 3 is 3.00 bits per heavy atom. The summed E-state index contributed by atoms with van der Waals surface area (Å²) < 4.78 is 7.39. The van der Waals surface area contributed by atoms with Gasteiger partial charge in [0.25, 0.3) is 0 Å². The molecule has 0 fully saturated rings. The Kier molecular flexibility index (Phi) is 3.02. The summed E-state index contributed by atoms with van der Waals surface area (Å²) in [5.41, 5.74) is 0.951. The van der Waals surface area contributed by atoms with E-state index >= 15 is 0 Å². The Labute approximate surface area is 89.3 Å². The van der Waals surface area contributed by atoms with Crippen LogP contribution in [0.5, 0.6) is 5.75 Å². The van der Waals surface area contributed by atoms with Gasteiger partial charge >= 0.3 is 0 Å². The van der Waals surface area contributed by atoms with Crippen LogP contribution in [0.15, 0.2) is 36.5 Å². The molecule has 0 atom stereocenters. The maximum atomic E-state index is 5.64. The van der Waals surface area contributed by atoms with Crippen LogP contribution in [0.2, 0.25) is 0 Å². The van der Waals surface area contributed by atoms with Gasteiger partial charge in [0.2, 0.25) is 0 Å². The van der Waals surface area contributed by atoms with E-state index in [1.807, 2.05) is 30.5 Å². The zero-order valence-corrected chi connectivity index (χ0v) is 8.68. The number of nitrogens with zero attached hydrogens (tertiary/aromatic N) is 2. The van der Waals surface area contributed by atoms with Gasteiger partial charge in [-0.25, -0.2) is 4.68 Å². The smallest absolute Gasteiger partial charge is 0.144 e. The standard InChI is InChI=1S/C12H13N2O/c1-2-10-15-12-7-4-3-6-11(12)14-9-5-8-13-14/h3-7,9H,2,10H2,1H3. The van der Waals surface area contributed by atoms with Gasteiger partial charge in [0.15, 0.2) is 0 Å². The summed E-state index contributed by atoms with van der Waals surface area (Å²) in [6, 6.07) is 9.63. The van der Waals surface area contributed by atoms with E-state index in [0.717, 1.165) is 24.5 Å². The van der Waals surface area contributed by atoms with E-state index in [1.165, 1.54) is 0 Å². The molecule has 0 unspecified atom stereocenters. The molecular weight excluding hydrogens is 188 g/mol. The highest BCUT2D eigenvalue weighted by atomic mass is 16.5. The van der Waals surface area contributed by atoms with Crippen LogP contribution < -0.4 is 4.74 Å². The topological polar surface area (TPSA) is 27.1 Å². The van der Waals surface area contributed by atoms with Gasteiger partial charge in [-0.1, -0.05) is 19.1 Å². The lowest BCUT2D eigenvalue weighted by Gasteiger charge is -2.10. The van der Waals surface area contributed by atoms with Gasteiger partial charge in [-0.2, -0.15) is 5.10 Å². The van der Waals surface area contributed by atoms with E-state index in [9.17, 15) is 0 Å². The van der Waals surface area contributed by atoms with Crippen LogP contribution >= 0.6 is 0 Å². The van der Waals surface area contributed by atoms with Gasteiger partial charge in [-0.3, -0.25) is 0 Å². The van der Waals surface area contributed by atoms with E-state index in [0.29, 0.717) is 0 Å². The Morgan fingerprint density at radius 1 is 1.40 bits per heavy atom. The van der Waals surface area contributed by atoms with Gasteiger partial charge in [-0.15, -0.1) is 0 Å². The monoisotopic (exact) mass is 201 g/mol. The van der Waals surface area contributed by atoms with Crippen molar-refractivity contribution in [1.82, 2.24) is 9.78 Å². The molecule has 1 aromatic heterocycles. The number of para-hydroxylation sites is 2. The highest BCUT2D eigenvalue weighted by Gasteiger charge is 2.04. The normalized spacial score (nSPS) is 10.2. The van der Waals surface area contributed by atoms with Crippen molar-refractivity contribution in [2.24, 2.45) is 0 Å². The van der Waals surface area contributed by atoms with Crippen LogP contribution in [0.1, 0.15) is 13.3 Å². The van der Waals surface area contributed by atoms with Crippen molar-refractivity contribution in [3.8, 4) is 11.4 Å². The Hall–Kier alpha value is -1.77. The minimum absolute atomic E-state index is 0.724. The highest BCUT2D eigenvalue weighted by Crippen LogP contribution is 2.21. The maximum Gasteiger partial charge on any atom is 0.144 e. The number of aromatic nitrogens is 2. The predicted molar refractivity (Wildman–Crippen MR) is 58.2 cm³/mol. The van der Waals surface area contributed by atoms with Crippen molar-refractivity contribution >= 4 is 0 Å². The molecule has 3 nitrogen and oxygen atoms in total. The number of ether oxygens (including phenoxy) is 1. The highest BCUT2D eigenvalue weighted by molar-refractivity contribution is 5.45. The summed E-state index contributed by atoms with van der Waals surface area (Å²) in [5, 5.41) is 4.07. The Morgan fingerprint density at radius 2 is 2.27 bits per heavy atom. The number of hydrogen-bond acceptors (Lipinski definition) is 2. The Balaban J connectivity index is 2.30. The summed E-state index contributed by atoms with van der Waals surface area (Å²) >= 11 is 0. The lowest BCUT2D eigenvalue weighted by Crippen LogP contribution is -2.01. The maximum absolute atomic E-state index is 5.64. The minimum Gasteiger partial charge on any atom is -0.491 e. The van der Waals surface area contributed by atoms with Crippen LogP contribution in [0.4, 0.5) is 0 Å². The van der Waals surface area contributed by atoms with Gasteiger partial charge in [-0.05, 0) is 24.6 Å². The third-order valence-electron chi connectivity index (χ3n) is 2.03. The summed E-state index contributed by atoms with van der Waals surface area (Å²) in [4.78, 5) is 0. The SMILES string of the molecule is CCCOc1ccccc1-n1cc[c]n1. The first kappa shape index (κ1) is 9.77. The largest absolute Gasteiger partial charge is 0.491 e. The molecule has 0 aliphatic rings. The van der Waals surface area contributed by atoms with Crippen LogP contribution in [0.25, 0.3) is 5.69 Å². The fourth-order valence-electron chi connectivity index (χ4n) is 1.35. The van der Waals surface area contributed by atoms with Gasteiger partial charge in [0.1, 0.15) is 17.6 Å². The molecule has 15 heavy (non-hydrogen) atoms. The summed E-state index contributed by atoms with van der Waals surface area (Å²) in [6.45, 7) is 2.81. The van der Waals surface area contributed by atoms with E-state index in [4.69, 9.17) is 4.74 Å². The first-order valence-corrected chi connectivity index (χ1v) is 5.05. The fourth-order valence-corrected chi connectivity index (χ4v) is 1.35. The van der Waals surface area contributed by atoms with Crippen molar-refractivity contribution in [3.05, 3.63) is 42.7 Å². The molecule has 3 heteroatoms. The fraction of sp³-hybridized carbons (Fsp3) is 0.250. The first-order chi connectivity index (χ1) is 7.42. The molecule has 0 saturated heterocycles. The first-order valence-electron chi connectivity index (χ1n) is 5.05. The van der Waals surface area contributed by atoms with Crippen LogP contribution in [-0.4, -0.2) is 16.4 Å². The molecule has 1 aromatic carbocycles. The molecular formula is C12H13N2O. The van der Waals surface area contributed by atoms with Crippen LogP contribution in [-0.2, 0) is 0 Å². The van der Waals surface area contributed by atoms with Gasteiger partial charge < -0.3 is 4.74 Å².